The summed E-state index contributed by atoms with van der Waals surface area (Å²) in [5.74, 6) is 0.430. The SMILES string of the molecule is CC1(C)CC(NC(=O)Oc2ccc(N=Nc3ccccc3)cc2)CC(C)(CN=C=O)C1. The number of benzene rings is 2. The van der Waals surface area contributed by atoms with Crippen LogP contribution in [0.2, 0.25) is 0 Å². The third kappa shape index (κ3) is 6.86. The zero-order valence-corrected chi connectivity index (χ0v) is 18.2. The van der Waals surface area contributed by atoms with Crippen molar-refractivity contribution in [2.24, 2.45) is 26.1 Å². The summed E-state index contributed by atoms with van der Waals surface area (Å²) in [6.45, 7) is 6.83. The van der Waals surface area contributed by atoms with Gasteiger partial charge in [0.1, 0.15) is 5.75 Å². The van der Waals surface area contributed by atoms with E-state index in [1.165, 1.54) is 0 Å². The second-order valence-corrected chi connectivity index (χ2v) is 9.23. The number of ether oxygens (including phenoxy) is 1. The fourth-order valence-electron chi connectivity index (χ4n) is 4.57. The minimum Gasteiger partial charge on any atom is -0.410 e. The highest BCUT2D eigenvalue weighted by atomic mass is 16.6. The number of carbonyl (C=O) groups excluding carboxylic acids is 2. The monoisotopic (exact) mass is 420 g/mol. The predicted molar refractivity (Wildman–Crippen MR) is 119 cm³/mol. The Balaban J connectivity index is 1.57. The molecule has 1 amide bonds. The Morgan fingerprint density at radius 1 is 1.03 bits per heavy atom. The lowest BCUT2D eigenvalue weighted by Gasteiger charge is -2.45. The second kappa shape index (κ2) is 9.67. The van der Waals surface area contributed by atoms with Gasteiger partial charge < -0.3 is 10.1 Å². The van der Waals surface area contributed by atoms with Gasteiger partial charge in [-0.2, -0.15) is 10.2 Å². The average Bonchev–Trinajstić information content (AvgIpc) is 2.71. The van der Waals surface area contributed by atoms with Crippen LogP contribution in [0.5, 0.6) is 5.75 Å². The van der Waals surface area contributed by atoms with Crippen molar-refractivity contribution in [2.45, 2.75) is 46.1 Å². The second-order valence-electron chi connectivity index (χ2n) is 9.23. The third-order valence-electron chi connectivity index (χ3n) is 5.38. The van der Waals surface area contributed by atoms with Gasteiger partial charge in [-0.15, -0.1) is 0 Å². The van der Waals surface area contributed by atoms with Gasteiger partial charge in [0.15, 0.2) is 0 Å². The molecule has 1 N–H and O–H groups in total. The van der Waals surface area contributed by atoms with Gasteiger partial charge in [-0.25, -0.2) is 14.6 Å². The normalized spacial score (nSPS) is 22.5. The third-order valence-corrected chi connectivity index (χ3v) is 5.38. The molecule has 0 aromatic heterocycles. The van der Waals surface area contributed by atoms with Gasteiger partial charge in [0.05, 0.1) is 17.9 Å². The summed E-state index contributed by atoms with van der Waals surface area (Å²) in [4.78, 5) is 26.8. The summed E-state index contributed by atoms with van der Waals surface area (Å²) in [5, 5.41) is 11.3. The van der Waals surface area contributed by atoms with E-state index < -0.39 is 6.09 Å². The minimum absolute atomic E-state index is 0.0226. The number of carbonyl (C=O) groups is 1. The minimum atomic E-state index is -0.498. The Labute approximate surface area is 182 Å². The highest BCUT2D eigenvalue weighted by Gasteiger charge is 2.41. The van der Waals surface area contributed by atoms with Gasteiger partial charge in [-0.05, 0) is 66.5 Å². The fourth-order valence-corrected chi connectivity index (χ4v) is 4.57. The first kappa shape index (κ1) is 22.4. The number of nitrogens with zero attached hydrogens (tertiary/aromatic N) is 3. The van der Waals surface area contributed by atoms with Gasteiger partial charge in [0.2, 0.25) is 6.08 Å². The zero-order chi connectivity index (χ0) is 22.3. The summed E-state index contributed by atoms with van der Waals surface area (Å²) >= 11 is 0. The maximum atomic E-state index is 12.5. The highest BCUT2D eigenvalue weighted by Crippen LogP contribution is 2.46. The van der Waals surface area contributed by atoms with Gasteiger partial charge in [0, 0.05) is 6.04 Å². The van der Waals surface area contributed by atoms with Gasteiger partial charge in [0.25, 0.3) is 0 Å². The number of amides is 1. The average molecular weight is 421 g/mol. The Bertz CT molecular complexity index is 966. The number of isocyanates is 1. The van der Waals surface area contributed by atoms with Gasteiger partial charge >= 0.3 is 6.09 Å². The molecule has 1 aliphatic carbocycles. The molecule has 7 nitrogen and oxygen atoms in total. The Morgan fingerprint density at radius 3 is 2.32 bits per heavy atom. The first-order chi connectivity index (χ1) is 14.8. The van der Waals surface area contributed by atoms with E-state index >= 15 is 0 Å². The Kier molecular flexibility index (Phi) is 6.98. The molecule has 0 heterocycles. The lowest BCUT2D eigenvalue weighted by Crippen LogP contribution is -2.48. The molecule has 1 fully saturated rings. The summed E-state index contributed by atoms with van der Waals surface area (Å²) in [5.41, 5.74) is 1.29. The van der Waals surface area contributed by atoms with Crippen LogP contribution in [0.3, 0.4) is 0 Å². The van der Waals surface area contributed by atoms with Crippen LogP contribution in [0, 0.1) is 10.8 Å². The molecule has 0 aliphatic heterocycles. The van der Waals surface area contributed by atoms with Crippen LogP contribution in [-0.2, 0) is 4.79 Å². The van der Waals surface area contributed by atoms with Crippen LogP contribution in [0.25, 0.3) is 0 Å². The summed E-state index contributed by atoms with van der Waals surface area (Å²) in [7, 11) is 0. The maximum Gasteiger partial charge on any atom is 0.412 e. The fraction of sp³-hybridized carbons (Fsp3) is 0.417. The van der Waals surface area contributed by atoms with E-state index in [4.69, 9.17) is 4.74 Å². The van der Waals surface area contributed by atoms with Crippen LogP contribution in [0.4, 0.5) is 16.2 Å². The number of aliphatic imine (C=N–C) groups is 1. The molecular weight excluding hydrogens is 392 g/mol. The van der Waals surface area contributed by atoms with Gasteiger partial charge in [-0.3, -0.25) is 0 Å². The molecule has 2 aromatic rings. The number of azo groups is 1. The van der Waals surface area contributed by atoms with E-state index in [2.05, 4.69) is 41.3 Å². The number of hydrogen-bond donors (Lipinski definition) is 1. The summed E-state index contributed by atoms with van der Waals surface area (Å²) in [6, 6.07) is 16.3. The number of hydrogen-bond acceptors (Lipinski definition) is 6. The topological polar surface area (TPSA) is 92.5 Å². The zero-order valence-electron chi connectivity index (χ0n) is 18.2. The van der Waals surface area contributed by atoms with Crippen molar-refractivity contribution in [3.8, 4) is 5.75 Å². The number of rotatable bonds is 6. The predicted octanol–water partition coefficient (Wildman–Crippen LogP) is 6.11. The van der Waals surface area contributed by atoms with Crippen LogP contribution >= 0.6 is 0 Å². The molecule has 3 rings (SSSR count). The van der Waals surface area contributed by atoms with Crippen LogP contribution in [0.1, 0.15) is 40.0 Å². The van der Waals surface area contributed by atoms with Crippen molar-refractivity contribution in [3.05, 3.63) is 54.6 Å². The van der Waals surface area contributed by atoms with Crippen molar-refractivity contribution >= 4 is 23.5 Å². The molecule has 1 saturated carbocycles. The van der Waals surface area contributed by atoms with Crippen LogP contribution in [0.15, 0.2) is 69.8 Å². The van der Waals surface area contributed by atoms with Crippen molar-refractivity contribution < 1.29 is 14.3 Å². The molecule has 0 spiro atoms. The number of nitrogens with one attached hydrogen (secondary N) is 1. The molecule has 7 heteroatoms. The summed E-state index contributed by atoms with van der Waals surface area (Å²) < 4.78 is 5.44. The molecule has 2 atom stereocenters. The van der Waals surface area contributed by atoms with Crippen LogP contribution in [-0.4, -0.2) is 24.8 Å². The highest BCUT2D eigenvalue weighted by molar-refractivity contribution is 5.71. The molecule has 1 aliphatic rings. The Hall–Kier alpha value is -3.31. The Morgan fingerprint density at radius 2 is 1.68 bits per heavy atom. The lowest BCUT2D eigenvalue weighted by atomic mass is 9.62. The van der Waals surface area contributed by atoms with E-state index in [0.717, 1.165) is 24.9 Å². The van der Waals surface area contributed by atoms with Crippen LogP contribution < -0.4 is 10.1 Å². The molecule has 2 aromatic carbocycles. The lowest BCUT2D eigenvalue weighted by molar-refractivity contribution is 0.0774. The van der Waals surface area contributed by atoms with Crippen molar-refractivity contribution in [1.82, 2.24) is 5.32 Å². The first-order valence-electron chi connectivity index (χ1n) is 10.4. The van der Waals surface area contributed by atoms with Crippen molar-refractivity contribution in [3.63, 3.8) is 0 Å². The van der Waals surface area contributed by atoms with E-state index in [1.807, 2.05) is 30.3 Å². The molecule has 0 radical (unpaired) electrons. The largest absolute Gasteiger partial charge is 0.412 e. The maximum absolute atomic E-state index is 12.5. The smallest absolute Gasteiger partial charge is 0.410 e. The molecule has 31 heavy (non-hydrogen) atoms. The molecule has 0 bridgehead atoms. The molecular formula is C24H28N4O3. The standard InChI is InChI=1S/C24H28N4O3/c1-23(2)13-20(14-24(3,15-23)16-25-17-29)26-22(30)31-21-11-9-19(10-12-21)28-27-18-7-5-4-6-8-18/h4-12,20H,13-16H2,1-3H3,(H,26,30). The molecule has 2 unspecified atom stereocenters. The quantitative estimate of drug-likeness (QED) is 0.347. The van der Waals surface area contributed by atoms with E-state index in [0.29, 0.717) is 18.0 Å². The van der Waals surface area contributed by atoms with Crippen molar-refractivity contribution in [2.75, 3.05) is 6.54 Å². The van der Waals surface area contributed by atoms with E-state index in [9.17, 15) is 9.59 Å². The van der Waals surface area contributed by atoms with Crippen molar-refractivity contribution in [1.29, 1.82) is 0 Å². The van der Waals surface area contributed by atoms with E-state index in [-0.39, 0.29) is 16.9 Å². The molecule has 0 saturated heterocycles. The first-order valence-corrected chi connectivity index (χ1v) is 10.4. The molecule has 162 valence electrons. The van der Waals surface area contributed by atoms with Gasteiger partial charge in [-0.1, -0.05) is 39.0 Å². The van der Waals surface area contributed by atoms with E-state index in [1.54, 1.807) is 30.3 Å². The summed E-state index contributed by atoms with van der Waals surface area (Å²) in [6.07, 6.45) is 3.62.